The van der Waals surface area contributed by atoms with E-state index in [1.165, 1.54) is 53.1 Å². The highest BCUT2D eigenvalue weighted by Crippen LogP contribution is 2.26. The Labute approximate surface area is 138 Å². The highest BCUT2D eigenvalue weighted by molar-refractivity contribution is 8.03. The van der Waals surface area contributed by atoms with Gasteiger partial charge in [-0.2, -0.15) is 0 Å². The number of carbonyl (C=O) groups excluding carboxylic acids is 2. The summed E-state index contributed by atoms with van der Waals surface area (Å²) in [6, 6.07) is 4.92. The molecule has 10 heteroatoms. The number of amides is 3. The predicted octanol–water partition coefficient (Wildman–Crippen LogP) is 2.84. The molecule has 2 aromatic rings. The molecule has 6 nitrogen and oxygen atoms in total. The molecule has 1 aromatic heterocycles. The molecule has 22 heavy (non-hydrogen) atoms. The summed E-state index contributed by atoms with van der Waals surface area (Å²) in [6.45, 7) is 0. The predicted molar refractivity (Wildman–Crippen MR) is 86.0 cm³/mol. The van der Waals surface area contributed by atoms with Gasteiger partial charge in [0.05, 0.1) is 11.4 Å². The maximum absolute atomic E-state index is 13.3. The minimum atomic E-state index is -0.780. The van der Waals surface area contributed by atoms with Crippen LogP contribution in [0.1, 0.15) is 0 Å². The minimum absolute atomic E-state index is 0.00851. The molecule has 3 amide bonds. The Balaban J connectivity index is 1.79. The Morgan fingerprint density at radius 2 is 2.00 bits per heavy atom. The summed E-state index contributed by atoms with van der Waals surface area (Å²) in [5.74, 6) is -1.05. The van der Waals surface area contributed by atoms with Crippen molar-refractivity contribution in [1.29, 1.82) is 0 Å². The van der Waals surface area contributed by atoms with Gasteiger partial charge >= 0.3 is 6.03 Å². The molecule has 0 fully saturated rings. The first kappa shape index (κ1) is 16.7. The van der Waals surface area contributed by atoms with Crippen LogP contribution in [0.3, 0.4) is 0 Å². The molecule has 0 aliphatic carbocycles. The van der Waals surface area contributed by atoms with Gasteiger partial charge in [0.2, 0.25) is 5.91 Å². The normalized spacial score (nSPS) is 10.3. The van der Waals surface area contributed by atoms with Gasteiger partial charge in [-0.25, -0.2) is 9.18 Å². The largest absolute Gasteiger partial charge is 0.325 e. The van der Waals surface area contributed by atoms with E-state index >= 15 is 0 Å². The van der Waals surface area contributed by atoms with Crippen molar-refractivity contribution in [3.63, 3.8) is 0 Å². The maximum Gasteiger partial charge on any atom is 0.325 e. The van der Waals surface area contributed by atoms with Gasteiger partial charge in [0, 0.05) is 0 Å². The van der Waals surface area contributed by atoms with Crippen molar-refractivity contribution in [3.8, 4) is 0 Å². The Hall–Kier alpha value is -1.65. The van der Waals surface area contributed by atoms with Crippen LogP contribution >= 0.6 is 34.9 Å². The van der Waals surface area contributed by atoms with Crippen molar-refractivity contribution in [2.24, 2.45) is 0 Å². The van der Waals surface area contributed by atoms with Gasteiger partial charge < -0.3 is 5.32 Å². The number of imide groups is 1. The number of carbonyl (C=O) groups is 2. The number of rotatable bonds is 5. The molecule has 0 unspecified atom stereocenters. The SMILES string of the molecule is CSc1nnc(SCC(=O)NC(=O)Nc2ccccc2F)s1. The molecule has 0 saturated carbocycles. The lowest BCUT2D eigenvalue weighted by molar-refractivity contribution is -0.117. The van der Waals surface area contributed by atoms with Crippen molar-refractivity contribution in [3.05, 3.63) is 30.1 Å². The molecule has 0 aliphatic rings. The Morgan fingerprint density at radius 3 is 2.68 bits per heavy atom. The van der Waals surface area contributed by atoms with Crippen molar-refractivity contribution in [2.75, 3.05) is 17.3 Å². The number of nitrogens with zero attached hydrogens (tertiary/aromatic N) is 2. The Morgan fingerprint density at radius 1 is 1.27 bits per heavy atom. The van der Waals surface area contributed by atoms with E-state index in [1.54, 1.807) is 6.07 Å². The third kappa shape index (κ3) is 4.97. The van der Waals surface area contributed by atoms with Gasteiger partial charge in [-0.3, -0.25) is 10.1 Å². The van der Waals surface area contributed by atoms with Gasteiger partial charge in [-0.15, -0.1) is 10.2 Å². The summed E-state index contributed by atoms with van der Waals surface area (Å²) in [4.78, 5) is 23.2. The van der Waals surface area contributed by atoms with Crippen LogP contribution in [0.25, 0.3) is 0 Å². The summed E-state index contributed by atoms with van der Waals surface area (Å²) < 4.78 is 14.8. The van der Waals surface area contributed by atoms with Gasteiger partial charge in [0.15, 0.2) is 8.68 Å². The monoisotopic (exact) mass is 358 g/mol. The van der Waals surface area contributed by atoms with Crippen LogP contribution in [0.15, 0.2) is 32.9 Å². The molecule has 2 rings (SSSR count). The quantitative estimate of drug-likeness (QED) is 0.800. The van der Waals surface area contributed by atoms with E-state index in [1.807, 2.05) is 6.26 Å². The zero-order valence-corrected chi connectivity index (χ0v) is 13.8. The molecule has 0 atom stereocenters. The number of hydrogen-bond acceptors (Lipinski definition) is 7. The summed E-state index contributed by atoms with van der Waals surface area (Å²) in [5, 5.41) is 12.2. The first-order valence-electron chi connectivity index (χ1n) is 5.94. The third-order valence-electron chi connectivity index (χ3n) is 2.26. The van der Waals surface area contributed by atoms with Crippen LogP contribution in [-0.2, 0) is 4.79 Å². The highest BCUT2D eigenvalue weighted by Gasteiger charge is 2.12. The average molecular weight is 358 g/mol. The summed E-state index contributed by atoms with van der Waals surface area (Å²) in [7, 11) is 0. The van der Waals surface area contributed by atoms with E-state index in [0.717, 1.165) is 4.34 Å². The van der Waals surface area contributed by atoms with Crippen LogP contribution in [0.5, 0.6) is 0 Å². The smallest absolute Gasteiger partial charge is 0.305 e. The molecular weight excluding hydrogens is 347 g/mol. The van der Waals surface area contributed by atoms with Crippen molar-refractivity contribution >= 4 is 52.5 Å². The number of para-hydroxylation sites is 1. The summed E-state index contributed by atoms with van der Waals surface area (Å²) in [6.07, 6.45) is 1.88. The first-order valence-corrected chi connectivity index (χ1v) is 8.97. The fourth-order valence-electron chi connectivity index (χ4n) is 1.34. The van der Waals surface area contributed by atoms with E-state index in [9.17, 15) is 14.0 Å². The molecule has 0 saturated heterocycles. The van der Waals surface area contributed by atoms with Crippen LogP contribution in [-0.4, -0.2) is 34.1 Å². The van der Waals surface area contributed by atoms with Gasteiger partial charge in [-0.1, -0.05) is 47.0 Å². The Kier molecular flexibility index (Phi) is 6.16. The second-order valence-corrected chi connectivity index (χ2v) is 7.06. The number of hydrogen-bond donors (Lipinski definition) is 2. The lowest BCUT2D eigenvalue weighted by Crippen LogP contribution is -2.35. The second-order valence-electron chi connectivity index (χ2n) is 3.81. The number of thioether (sulfide) groups is 2. The molecule has 0 spiro atoms. The summed E-state index contributed by atoms with van der Waals surface area (Å²) >= 11 is 4.02. The fourth-order valence-corrected chi connectivity index (χ4v) is 3.58. The van der Waals surface area contributed by atoms with E-state index in [2.05, 4.69) is 20.8 Å². The standard InChI is InChI=1S/C12H11FN4O2S3/c1-20-11-16-17-12(22-11)21-6-9(18)15-10(19)14-8-5-3-2-4-7(8)13/h2-5H,6H2,1H3,(H2,14,15,18,19). The third-order valence-corrected chi connectivity index (χ3v) is 5.30. The molecule has 0 radical (unpaired) electrons. The van der Waals surface area contributed by atoms with E-state index in [4.69, 9.17) is 0 Å². The maximum atomic E-state index is 13.3. The van der Waals surface area contributed by atoms with Crippen molar-refractivity contribution < 1.29 is 14.0 Å². The van der Waals surface area contributed by atoms with E-state index in [-0.39, 0.29) is 11.4 Å². The number of anilines is 1. The first-order chi connectivity index (χ1) is 10.6. The number of urea groups is 1. The van der Waals surface area contributed by atoms with Crippen molar-refractivity contribution in [1.82, 2.24) is 15.5 Å². The number of aromatic nitrogens is 2. The summed E-state index contributed by atoms with van der Waals surface area (Å²) in [5.41, 5.74) is 0.00851. The molecule has 1 aromatic carbocycles. The van der Waals surface area contributed by atoms with Crippen LogP contribution in [0.2, 0.25) is 0 Å². The second kappa shape index (κ2) is 8.11. The average Bonchev–Trinajstić information content (AvgIpc) is 2.95. The van der Waals surface area contributed by atoms with E-state index < -0.39 is 17.8 Å². The van der Waals surface area contributed by atoms with Crippen LogP contribution < -0.4 is 10.6 Å². The fraction of sp³-hybridized carbons (Fsp3) is 0.167. The van der Waals surface area contributed by atoms with Crippen LogP contribution in [0, 0.1) is 5.82 Å². The zero-order valence-electron chi connectivity index (χ0n) is 11.3. The molecule has 0 aliphatic heterocycles. The lowest BCUT2D eigenvalue weighted by Gasteiger charge is -2.06. The van der Waals surface area contributed by atoms with Gasteiger partial charge in [0.25, 0.3) is 0 Å². The Bertz CT molecular complexity index is 680. The molecule has 116 valence electrons. The highest BCUT2D eigenvalue weighted by atomic mass is 32.2. The van der Waals surface area contributed by atoms with E-state index in [0.29, 0.717) is 4.34 Å². The van der Waals surface area contributed by atoms with Gasteiger partial charge in [0.1, 0.15) is 5.82 Å². The minimum Gasteiger partial charge on any atom is -0.305 e. The number of benzene rings is 1. The molecule has 0 bridgehead atoms. The number of nitrogens with one attached hydrogen (secondary N) is 2. The van der Waals surface area contributed by atoms with Crippen molar-refractivity contribution in [2.45, 2.75) is 8.68 Å². The lowest BCUT2D eigenvalue weighted by atomic mass is 10.3. The number of halogens is 1. The molecular formula is C12H11FN4O2S3. The molecule has 2 N–H and O–H groups in total. The molecule has 1 heterocycles. The van der Waals surface area contributed by atoms with Gasteiger partial charge in [-0.05, 0) is 18.4 Å². The zero-order chi connectivity index (χ0) is 15.9. The van der Waals surface area contributed by atoms with Crippen LogP contribution in [0.4, 0.5) is 14.9 Å². The topological polar surface area (TPSA) is 84.0 Å².